The van der Waals surface area contributed by atoms with Crippen molar-refractivity contribution in [2.45, 2.75) is 45.4 Å². The van der Waals surface area contributed by atoms with Crippen molar-refractivity contribution < 1.29 is 9.59 Å². The SMILES string of the molecule is Cc1ccc(NC(=O)CN(C)C(=O)CC2(CN)CCCCC2)cc1. The van der Waals surface area contributed by atoms with Gasteiger partial charge in [-0.1, -0.05) is 37.0 Å². The molecule has 0 radical (unpaired) electrons. The van der Waals surface area contributed by atoms with Gasteiger partial charge in [-0.2, -0.15) is 0 Å². The topological polar surface area (TPSA) is 75.4 Å². The van der Waals surface area contributed by atoms with E-state index in [4.69, 9.17) is 5.73 Å². The van der Waals surface area contributed by atoms with Gasteiger partial charge in [-0.3, -0.25) is 9.59 Å². The number of aryl methyl sites for hydroxylation is 1. The Morgan fingerprint density at radius 3 is 2.38 bits per heavy atom. The molecule has 1 aliphatic carbocycles. The summed E-state index contributed by atoms with van der Waals surface area (Å²) in [6, 6.07) is 7.61. The normalized spacial score (nSPS) is 16.5. The van der Waals surface area contributed by atoms with Crippen LogP contribution >= 0.6 is 0 Å². The molecular weight excluding hydrogens is 302 g/mol. The number of rotatable bonds is 6. The number of hydrogen-bond acceptors (Lipinski definition) is 3. The number of benzene rings is 1. The molecule has 0 aliphatic heterocycles. The van der Waals surface area contributed by atoms with Gasteiger partial charge in [0, 0.05) is 19.2 Å². The third-order valence-electron chi connectivity index (χ3n) is 5.02. The smallest absolute Gasteiger partial charge is 0.243 e. The first-order chi connectivity index (χ1) is 11.4. The van der Waals surface area contributed by atoms with Crippen LogP contribution in [0.15, 0.2) is 24.3 Å². The number of anilines is 1. The standard InChI is InChI=1S/C19H29N3O2/c1-15-6-8-16(9-7-15)21-17(23)13-22(2)18(24)12-19(14-20)10-4-3-5-11-19/h6-9H,3-5,10-14,20H2,1-2H3,(H,21,23). The van der Waals surface area contributed by atoms with Crippen LogP contribution < -0.4 is 11.1 Å². The molecule has 0 atom stereocenters. The maximum atomic E-state index is 12.5. The lowest BCUT2D eigenvalue weighted by molar-refractivity contribution is -0.135. The quantitative estimate of drug-likeness (QED) is 0.841. The van der Waals surface area contributed by atoms with Crippen LogP contribution in [0.25, 0.3) is 0 Å². The molecule has 1 aromatic rings. The van der Waals surface area contributed by atoms with Crippen molar-refractivity contribution >= 4 is 17.5 Å². The summed E-state index contributed by atoms with van der Waals surface area (Å²) in [6.07, 6.45) is 5.98. The van der Waals surface area contributed by atoms with Gasteiger partial charge >= 0.3 is 0 Å². The Morgan fingerprint density at radius 2 is 1.79 bits per heavy atom. The summed E-state index contributed by atoms with van der Waals surface area (Å²) in [6.45, 7) is 2.60. The molecule has 0 bridgehead atoms. The lowest BCUT2D eigenvalue weighted by atomic mass is 9.71. The second-order valence-electron chi connectivity index (χ2n) is 7.11. The van der Waals surface area contributed by atoms with E-state index in [-0.39, 0.29) is 23.8 Å². The van der Waals surface area contributed by atoms with Crippen molar-refractivity contribution in [3.63, 3.8) is 0 Å². The number of nitrogens with one attached hydrogen (secondary N) is 1. The van der Waals surface area contributed by atoms with Gasteiger partial charge in [0.1, 0.15) is 0 Å². The van der Waals surface area contributed by atoms with E-state index in [2.05, 4.69) is 5.32 Å². The average Bonchev–Trinajstić information content (AvgIpc) is 2.57. The predicted octanol–water partition coefficient (Wildman–Crippen LogP) is 2.69. The molecule has 0 saturated heterocycles. The molecule has 3 N–H and O–H groups in total. The van der Waals surface area contributed by atoms with Crippen LogP contribution in [0, 0.1) is 12.3 Å². The van der Waals surface area contributed by atoms with Crippen LogP contribution in [0.5, 0.6) is 0 Å². The van der Waals surface area contributed by atoms with Gasteiger partial charge in [-0.25, -0.2) is 0 Å². The molecular formula is C19H29N3O2. The Kier molecular flexibility index (Phi) is 6.37. The van der Waals surface area contributed by atoms with Crippen molar-refractivity contribution in [3.8, 4) is 0 Å². The summed E-state index contributed by atoms with van der Waals surface area (Å²) in [7, 11) is 1.68. The summed E-state index contributed by atoms with van der Waals surface area (Å²) in [5, 5.41) is 2.82. The fourth-order valence-corrected chi connectivity index (χ4v) is 3.35. The molecule has 0 spiro atoms. The first kappa shape index (κ1) is 18.5. The highest BCUT2D eigenvalue weighted by Gasteiger charge is 2.34. The number of likely N-dealkylation sites (N-methyl/N-ethyl adjacent to an activating group) is 1. The van der Waals surface area contributed by atoms with Crippen molar-refractivity contribution in [1.29, 1.82) is 0 Å². The molecule has 24 heavy (non-hydrogen) atoms. The second-order valence-corrected chi connectivity index (χ2v) is 7.11. The number of carbonyl (C=O) groups is 2. The number of carbonyl (C=O) groups excluding carboxylic acids is 2. The summed E-state index contributed by atoms with van der Waals surface area (Å²) in [4.78, 5) is 26.1. The minimum absolute atomic E-state index is 0.00130. The van der Waals surface area contributed by atoms with Crippen LogP contribution in [-0.2, 0) is 9.59 Å². The molecule has 2 amide bonds. The summed E-state index contributed by atoms with van der Waals surface area (Å²) in [5.74, 6) is -0.179. The predicted molar refractivity (Wildman–Crippen MR) is 96.6 cm³/mol. The largest absolute Gasteiger partial charge is 0.336 e. The molecule has 5 heteroatoms. The summed E-state index contributed by atoms with van der Waals surface area (Å²) < 4.78 is 0. The van der Waals surface area contributed by atoms with E-state index in [9.17, 15) is 9.59 Å². The van der Waals surface area contributed by atoms with Gasteiger partial charge in [0.15, 0.2) is 0 Å². The van der Waals surface area contributed by atoms with Crippen LogP contribution in [-0.4, -0.2) is 36.9 Å². The maximum absolute atomic E-state index is 12.5. The Balaban J connectivity index is 1.86. The molecule has 0 unspecified atom stereocenters. The van der Waals surface area contributed by atoms with Gasteiger partial charge in [0.25, 0.3) is 0 Å². The average molecular weight is 331 g/mol. The van der Waals surface area contributed by atoms with E-state index >= 15 is 0 Å². The second kappa shape index (κ2) is 8.29. The number of nitrogens with zero attached hydrogens (tertiary/aromatic N) is 1. The Hall–Kier alpha value is -1.88. The fraction of sp³-hybridized carbons (Fsp3) is 0.579. The molecule has 1 aromatic carbocycles. The third kappa shape index (κ3) is 5.06. The Bertz CT molecular complexity index is 562. The molecule has 1 saturated carbocycles. The summed E-state index contributed by atoms with van der Waals surface area (Å²) in [5.41, 5.74) is 7.77. The van der Waals surface area contributed by atoms with Crippen LogP contribution in [0.2, 0.25) is 0 Å². The van der Waals surface area contributed by atoms with Gasteiger partial charge in [0.05, 0.1) is 6.54 Å². The van der Waals surface area contributed by atoms with Gasteiger partial charge in [-0.15, -0.1) is 0 Å². The maximum Gasteiger partial charge on any atom is 0.243 e. The van der Waals surface area contributed by atoms with Gasteiger partial charge in [0.2, 0.25) is 11.8 Å². The molecule has 1 fully saturated rings. The monoisotopic (exact) mass is 331 g/mol. The molecule has 5 nitrogen and oxygen atoms in total. The zero-order chi connectivity index (χ0) is 17.6. The van der Waals surface area contributed by atoms with E-state index < -0.39 is 0 Å². The fourth-order valence-electron chi connectivity index (χ4n) is 3.35. The highest BCUT2D eigenvalue weighted by Crippen LogP contribution is 2.38. The minimum Gasteiger partial charge on any atom is -0.336 e. The lowest BCUT2D eigenvalue weighted by Gasteiger charge is -2.36. The van der Waals surface area contributed by atoms with Crippen molar-refractivity contribution in [2.24, 2.45) is 11.1 Å². The number of hydrogen-bond donors (Lipinski definition) is 2. The van der Waals surface area contributed by atoms with Crippen molar-refractivity contribution in [2.75, 3.05) is 25.5 Å². The number of nitrogens with two attached hydrogens (primary N) is 1. The van der Waals surface area contributed by atoms with E-state index in [0.717, 1.165) is 36.9 Å². The van der Waals surface area contributed by atoms with Crippen molar-refractivity contribution in [1.82, 2.24) is 4.90 Å². The third-order valence-corrected chi connectivity index (χ3v) is 5.02. The van der Waals surface area contributed by atoms with Gasteiger partial charge < -0.3 is 16.0 Å². The van der Waals surface area contributed by atoms with E-state index in [1.54, 1.807) is 7.05 Å². The molecule has 0 aromatic heterocycles. The molecule has 0 heterocycles. The molecule has 2 rings (SSSR count). The molecule has 1 aliphatic rings. The number of amides is 2. The zero-order valence-electron chi connectivity index (χ0n) is 14.8. The minimum atomic E-state index is -0.180. The summed E-state index contributed by atoms with van der Waals surface area (Å²) >= 11 is 0. The van der Waals surface area contributed by atoms with E-state index in [0.29, 0.717) is 13.0 Å². The first-order valence-electron chi connectivity index (χ1n) is 8.75. The van der Waals surface area contributed by atoms with E-state index in [1.165, 1.54) is 11.3 Å². The van der Waals surface area contributed by atoms with Crippen LogP contribution in [0.3, 0.4) is 0 Å². The molecule has 132 valence electrons. The highest BCUT2D eigenvalue weighted by atomic mass is 16.2. The van der Waals surface area contributed by atoms with Crippen molar-refractivity contribution in [3.05, 3.63) is 29.8 Å². The Morgan fingerprint density at radius 1 is 1.17 bits per heavy atom. The lowest BCUT2D eigenvalue weighted by Crippen LogP contribution is -2.41. The first-order valence-corrected chi connectivity index (χ1v) is 8.75. The van der Waals surface area contributed by atoms with E-state index in [1.807, 2.05) is 31.2 Å². The van der Waals surface area contributed by atoms with Gasteiger partial charge in [-0.05, 0) is 43.9 Å². The van der Waals surface area contributed by atoms with Crippen LogP contribution in [0.1, 0.15) is 44.1 Å². The highest BCUT2D eigenvalue weighted by molar-refractivity contribution is 5.94. The van der Waals surface area contributed by atoms with Crippen LogP contribution in [0.4, 0.5) is 5.69 Å². The zero-order valence-corrected chi connectivity index (χ0v) is 14.8. The Labute approximate surface area is 144 Å².